The van der Waals surface area contributed by atoms with E-state index in [1.807, 2.05) is 12.3 Å². The Morgan fingerprint density at radius 3 is 2.73 bits per heavy atom. The zero-order valence-corrected chi connectivity index (χ0v) is 20.5. The normalized spacial score (nSPS) is 16.6. The van der Waals surface area contributed by atoms with Gasteiger partial charge < -0.3 is 25.0 Å². The molecule has 2 N–H and O–H groups in total. The van der Waals surface area contributed by atoms with E-state index in [4.69, 9.17) is 9.47 Å². The molecule has 1 atom stereocenters. The Hall–Kier alpha value is -2.07. The number of hydrogen-bond acceptors (Lipinski definition) is 5. The molecule has 8 heteroatoms. The number of nitrogens with zero attached hydrogens (tertiary/aromatic N) is 3. The number of aryl methyl sites for hydroxylation is 1. The fourth-order valence-electron chi connectivity index (χ4n) is 3.32. The molecule has 3 rings (SSSR count). The lowest BCUT2D eigenvalue weighted by molar-refractivity contribution is 0.0529. The summed E-state index contributed by atoms with van der Waals surface area (Å²) in [6.45, 7) is 7.94. The van der Waals surface area contributed by atoms with Crippen LogP contribution in [0.25, 0.3) is 0 Å². The van der Waals surface area contributed by atoms with Crippen LogP contribution in [0.5, 0.6) is 5.75 Å². The Balaban J connectivity index is 0.00000320. The minimum Gasteiger partial charge on any atom is -0.496 e. The summed E-state index contributed by atoms with van der Waals surface area (Å²) in [5.41, 5.74) is 3.37. The van der Waals surface area contributed by atoms with E-state index < -0.39 is 0 Å². The third-order valence-corrected chi connectivity index (χ3v) is 4.95. The highest BCUT2D eigenvalue weighted by atomic mass is 127. The smallest absolute Gasteiger partial charge is 0.191 e. The van der Waals surface area contributed by atoms with Crippen LogP contribution in [0.15, 0.2) is 41.5 Å². The number of nitrogens with one attached hydrogen (secondary N) is 2. The SMILES string of the molecule is CN=C(NCc1ccc(N2CCOC(C)C2)nc1)NCc1ccc(C)cc1OC.I. The Morgan fingerprint density at radius 1 is 1.27 bits per heavy atom. The highest BCUT2D eigenvalue weighted by Gasteiger charge is 2.17. The van der Waals surface area contributed by atoms with E-state index >= 15 is 0 Å². The van der Waals surface area contributed by atoms with Gasteiger partial charge in [-0.25, -0.2) is 4.98 Å². The largest absolute Gasteiger partial charge is 0.496 e. The van der Waals surface area contributed by atoms with Gasteiger partial charge >= 0.3 is 0 Å². The van der Waals surface area contributed by atoms with Gasteiger partial charge in [0.2, 0.25) is 0 Å². The molecule has 0 spiro atoms. The van der Waals surface area contributed by atoms with Crippen LogP contribution in [-0.2, 0) is 17.8 Å². The van der Waals surface area contributed by atoms with Gasteiger partial charge in [0.1, 0.15) is 11.6 Å². The molecule has 0 aliphatic carbocycles. The molecule has 2 heterocycles. The number of hydrogen-bond donors (Lipinski definition) is 2. The van der Waals surface area contributed by atoms with Gasteiger partial charge in [0.15, 0.2) is 5.96 Å². The predicted molar refractivity (Wildman–Crippen MR) is 132 cm³/mol. The predicted octanol–water partition coefficient (Wildman–Crippen LogP) is 3.11. The fraction of sp³-hybridized carbons (Fsp3) is 0.455. The Morgan fingerprint density at radius 2 is 2.07 bits per heavy atom. The number of benzene rings is 1. The number of aromatic nitrogens is 1. The summed E-state index contributed by atoms with van der Waals surface area (Å²) in [7, 11) is 3.46. The number of guanidine groups is 1. The Kier molecular flexibility index (Phi) is 9.64. The highest BCUT2D eigenvalue weighted by Crippen LogP contribution is 2.19. The molecule has 7 nitrogen and oxygen atoms in total. The molecular formula is C22H32IN5O2. The van der Waals surface area contributed by atoms with Crippen LogP contribution in [0.1, 0.15) is 23.6 Å². The van der Waals surface area contributed by atoms with Gasteiger partial charge in [-0.05, 0) is 37.1 Å². The first-order valence-electron chi connectivity index (χ1n) is 9.98. The van der Waals surface area contributed by atoms with Crippen LogP contribution in [0.4, 0.5) is 5.82 Å². The standard InChI is InChI=1S/C22H31N5O2.HI/c1-16-5-7-19(20(11-16)28-4)14-26-22(23-3)25-13-18-6-8-21(24-12-18)27-9-10-29-17(2)15-27;/h5-8,11-12,17H,9-10,13-15H2,1-4H3,(H2,23,25,26);1H. The summed E-state index contributed by atoms with van der Waals surface area (Å²) < 4.78 is 11.1. The van der Waals surface area contributed by atoms with Crippen LogP contribution in [-0.4, -0.2) is 50.9 Å². The van der Waals surface area contributed by atoms with Crippen molar-refractivity contribution in [3.63, 3.8) is 0 Å². The molecule has 0 saturated carbocycles. The van der Waals surface area contributed by atoms with Gasteiger partial charge in [0.05, 0.1) is 19.8 Å². The minimum absolute atomic E-state index is 0. The third kappa shape index (κ3) is 6.73. The maximum Gasteiger partial charge on any atom is 0.191 e. The van der Waals surface area contributed by atoms with E-state index in [1.165, 1.54) is 5.56 Å². The maximum absolute atomic E-state index is 5.60. The average Bonchev–Trinajstić information content (AvgIpc) is 2.75. The van der Waals surface area contributed by atoms with Crippen molar-refractivity contribution in [3.05, 3.63) is 53.2 Å². The quantitative estimate of drug-likeness (QED) is 0.343. The topological polar surface area (TPSA) is 71.0 Å². The minimum atomic E-state index is 0. The number of rotatable bonds is 6. The second-order valence-corrected chi connectivity index (χ2v) is 7.25. The fourth-order valence-corrected chi connectivity index (χ4v) is 3.32. The molecule has 1 aromatic carbocycles. The molecule has 2 aromatic rings. The van der Waals surface area contributed by atoms with Crippen LogP contribution < -0.4 is 20.3 Å². The van der Waals surface area contributed by atoms with Crippen molar-refractivity contribution in [2.24, 2.45) is 4.99 Å². The first-order chi connectivity index (χ1) is 14.1. The number of ether oxygens (including phenoxy) is 2. The first kappa shape index (κ1) is 24.2. The van der Waals surface area contributed by atoms with Gasteiger partial charge in [-0.15, -0.1) is 24.0 Å². The van der Waals surface area contributed by atoms with Gasteiger partial charge in [-0.3, -0.25) is 4.99 Å². The lowest BCUT2D eigenvalue weighted by Crippen LogP contribution is -2.41. The van der Waals surface area contributed by atoms with E-state index in [2.05, 4.69) is 63.6 Å². The van der Waals surface area contributed by atoms with Crippen LogP contribution in [0.3, 0.4) is 0 Å². The molecular weight excluding hydrogens is 493 g/mol. The van der Waals surface area contributed by atoms with Crippen molar-refractivity contribution >= 4 is 35.8 Å². The molecule has 1 unspecified atom stereocenters. The molecule has 1 fully saturated rings. The van der Waals surface area contributed by atoms with E-state index in [0.29, 0.717) is 13.1 Å². The first-order valence-corrected chi connectivity index (χ1v) is 9.98. The van der Waals surface area contributed by atoms with Crippen molar-refractivity contribution in [1.29, 1.82) is 0 Å². The second-order valence-electron chi connectivity index (χ2n) is 7.25. The molecule has 0 radical (unpaired) electrons. The van der Waals surface area contributed by atoms with Gasteiger partial charge in [-0.1, -0.05) is 18.2 Å². The number of pyridine rings is 1. The molecule has 0 amide bonds. The monoisotopic (exact) mass is 525 g/mol. The lowest BCUT2D eigenvalue weighted by atomic mass is 10.1. The van der Waals surface area contributed by atoms with Crippen molar-refractivity contribution in [3.8, 4) is 5.75 Å². The number of morpholine rings is 1. The molecule has 1 aliphatic rings. The van der Waals surface area contributed by atoms with Crippen molar-refractivity contribution in [2.45, 2.75) is 33.0 Å². The molecule has 1 aromatic heterocycles. The van der Waals surface area contributed by atoms with Crippen molar-refractivity contribution < 1.29 is 9.47 Å². The van der Waals surface area contributed by atoms with Crippen LogP contribution >= 0.6 is 24.0 Å². The molecule has 164 valence electrons. The Bertz CT molecular complexity index is 829. The number of anilines is 1. The third-order valence-electron chi connectivity index (χ3n) is 4.95. The van der Waals surface area contributed by atoms with Crippen molar-refractivity contribution in [2.75, 3.05) is 38.8 Å². The van der Waals surface area contributed by atoms with E-state index in [1.54, 1.807) is 14.2 Å². The number of halogens is 1. The molecule has 30 heavy (non-hydrogen) atoms. The second kappa shape index (κ2) is 11.9. The number of methoxy groups -OCH3 is 1. The van der Waals surface area contributed by atoms with Gasteiger partial charge in [0, 0.05) is 45.0 Å². The zero-order valence-electron chi connectivity index (χ0n) is 18.1. The molecule has 0 bridgehead atoms. The summed E-state index contributed by atoms with van der Waals surface area (Å²) >= 11 is 0. The molecule has 1 saturated heterocycles. The van der Waals surface area contributed by atoms with Gasteiger partial charge in [0.25, 0.3) is 0 Å². The van der Waals surface area contributed by atoms with E-state index in [-0.39, 0.29) is 30.1 Å². The van der Waals surface area contributed by atoms with E-state index in [0.717, 1.165) is 48.4 Å². The lowest BCUT2D eigenvalue weighted by Gasteiger charge is -2.32. The summed E-state index contributed by atoms with van der Waals surface area (Å²) in [6.07, 6.45) is 2.16. The molecule has 1 aliphatic heterocycles. The van der Waals surface area contributed by atoms with Crippen LogP contribution in [0.2, 0.25) is 0 Å². The summed E-state index contributed by atoms with van der Waals surface area (Å²) in [5.74, 6) is 2.61. The van der Waals surface area contributed by atoms with Crippen LogP contribution in [0, 0.1) is 6.92 Å². The highest BCUT2D eigenvalue weighted by molar-refractivity contribution is 14.0. The average molecular weight is 525 g/mol. The maximum atomic E-state index is 5.60. The Labute approximate surface area is 196 Å². The number of aliphatic imine (C=N–C) groups is 1. The summed E-state index contributed by atoms with van der Waals surface area (Å²) in [5, 5.41) is 6.67. The van der Waals surface area contributed by atoms with Gasteiger partial charge in [-0.2, -0.15) is 0 Å². The zero-order chi connectivity index (χ0) is 20.6. The van der Waals surface area contributed by atoms with E-state index in [9.17, 15) is 0 Å². The summed E-state index contributed by atoms with van der Waals surface area (Å²) in [6, 6.07) is 10.4. The summed E-state index contributed by atoms with van der Waals surface area (Å²) in [4.78, 5) is 11.2. The van der Waals surface area contributed by atoms with Crippen molar-refractivity contribution in [1.82, 2.24) is 15.6 Å².